The highest BCUT2D eigenvalue weighted by Gasteiger charge is 2.29. The van der Waals surface area contributed by atoms with Gasteiger partial charge in [-0.3, -0.25) is 0 Å². The van der Waals surface area contributed by atoms with E-state index in [2.05, 4.69) is 0 Å². The molecule has 0 saturated carbocycles. The number of thioether (sulfide) groups is 1. The Morgan fingerprint density at radius 3 is 2.36 bits per heavy atom. The van der Waals surface area contributed by atoms with Gasteiger partial charge in [-0.2, -0.15) is 13.2 Å². The van der Waals surface area contributed by atoms with Crippen LogP contribution in [0.1, 0.15) is 5.56 Å². The number of benzene rings is 1. The molecule has 0 heterocycles. The predicted molar refractivity (Wildman–Crippen MR) is 52.9 cm³/mol. The molecule has 0 radical (unpaired) electrons. The molecule has 78 valence electrons. The largest absolute Gasteiger partial charge is 0.446 e. The normalized spacial score (nSPS) is 11.8. The lowest BCUT2D eigenvalue weighted by atomic mass is 10.2. The first-order valence-corrected chi connectivity index (χ1v) is 5.25. The quantitative estimate of drug-likeness (QED) is 0.549. The Morgan fingerprint density at radius 1 is 1.29 bits per heavy atom. The second kappa shape index (κ2) is 4.64. The van der Waals surface area contributed by atoms with Gasteiger partial charge in [0.05, 0.1) is 0 Å². The van der Waals surface area contributed by atoms with Gasteiger partial charge in [-0.15, -0.1) is 11.6 Å². The topological polar surface area (TPSA) is 0 Å². The molecule has 1 aromatic carbocycles. The van der Waals surface area contributed by atoms with Crippen LogP contribution in [0.15, 0.2) is 23.1 Å². The van der Waals surface area contributed by atoms with E-state index in [0.29, 0.717) is 5.56 Å². The highest BCUT2D eigenvalue weighted by atomic mass is 35.5. The zero-order valence-electron chi connectivity index (χ0n) is 6.74. The minimum atomic E-state index is -4.29. The van der Waals surface area contributed by atoms with Gasteiger partial charge in [-0.05, 0) is 29.5 Å². The summed E-state index contributed by atoms with van der Waals surface area (Å²) < 4.78 is 35.8. The van der Waals surface area contributed by atoms with Crippen molar-refractivity contribution >= 4 is 35.0 Å². The number of hydrogen-bond donors (Lipinski definition) is 0. The molecule has 0 fully saturated rings. The summed E-state index contributed by atoms with van der Waals surface area (Å²) >= 11 is 11.0. The molecule has 0 N–H and O–H groups in total. The van der Waals surface area contributed by atoms with Gasteiger partial charge in [0.2, 0.25) is 0 Å². The molecule has 0 aliphatic heterocycles. The molecule has 0 spiro atoms. The van der Waals surface area contributed by atoms with Gasteiger partial charge in [-0.1, -0.05) is 17.7 Å². The Labute approximate surface area is 93.4 Å². The molecule has 14 heavy (non-hydrogen) atoms. The zero-order chi connectivity index (χ0) is 10.8. The highest BCUT2D eigenvalue weighted by molar-refractivity contribution is 8.00. The Kier molecular flexibility index (Phi) is 3.98. The molecule has 0 aliphatic carbocycles. The van der Waals surface area contributed by atoms with Gasteiger partial charge in [0.15, 0.2) is 0 Å². The molecule has 0 aliphatic rings. The van der Waals surface area contributed by atoms with Crippen LogP contribution < -0.4 is 0 Å². The zero-order valence-corrected chi connectivity index (χ0v) is 9.07. The van der Waals surface area contributed by atoms with Crippen molar-refractivity contribution in [2.75, 3.05) is 0 Å². The standard InChI is InChI=1S/C8H5Cl2F3S/c9-4-5-1-2-6(3-7(5)10)14-8(11,12)13/h1-3H,4H2. The van der Waals surface area contributed by atoms with Crippen molar-refractivity contribution in [3.8, 4) is 0 Å². The lowest BCUT2D eigenvalue weighted by Crippen LogP contribution is -1.99. The lowest BCUT2D eigenvalue weighted by molar-refractivity contribution is -0.0328. The molecule has 0 unspecified atom stereocenters. The maximum absolute atomic E-state index is 11.9. The summed E-state index contributed by atoms with van der Waals surface area (Å²) in [5, 5.41) is 0.259. The summed E-state index contributed by atoms with van der Waals surface area (Å²) in [6.45, 7) is 0. The van der Waals surface area contributed by atoms with Crippen molar-refractivity contribution in [1.29, 1.82) is 0 Å². The summed E-state index contributed by atoms with van der Waals surface area (Å²) in [5.41, 5.74) is -3.66. The van der Waals surface area contributed by atoms with Crippen molar-refractivity contribution in [3.63, 3.8) is 0 Å². The molecule has 6 heteroatoms. The Bertz CT molecular complexity index is 325. The van der Waals surface area contributed by atoms with Crippen LogP contribution in [0.25, 0.3) is 0 Å². The minimum absolute atomic E-state index is 0.0661. The average Bonchev–Trinajstić information content (AvgIpc) is 2.01. The van der Waals surface area contributed by atoms with E-state index in [-0.39, 0.29) is 27.6 Å². The fourth-order valence-corrected chi connectivity index (χ4v) is 2.03. The molecule has 0 bridgehead atoms. The smallest absolute Gasteiger partial charge is 0.160 e. The van der Waals surface area contributed by atoms with Crippen molar-refractivity contribution in [3.05, 3.63) is 28.8 Å². The monoisotopic (exact) mass is 260 g/mol. The molecular formula is C8H5Cl2F3S. The number of alkyl halides is 4. The fourth-order valence-electron chi connectivity index (χ4n) is 0.834. The number of halogens is 5. The second-order valence-electron chi connectivity index (χ2n) is 2.43. The van der Waals surface area contributed by atoms with Crippen molar-refractivity contribution in [2.24, 2.45) is 0 Å². The van der Waals surface area contributed by atoms with Gasteiger partial charge in [0, 0.05) is 15.8 Å². The lowest BCUT2D eigenvalue weighted by Gasteiger charge is -2.07. The van der Waals surface area contributed by atoms with Crippen LogP contribution in [-0.2, 0) is 5.88 Å². The molecular weight excluding hydrogens is 256 g/mol. The minimum Gasteiger partial charge on any atom is -0.160 e. The van der Waals surface area contributed by atoms with Gasteiger partial charge in [0.1, 0.15) is 0 Å². The van der Waals surface area contributed by atoms with E-state index in [1.54, 1.807) is 0 Å². The van der Waals surface area contributed by atoms with Gasteiger partial charge in [-0.25, -0.2) is 0 Å². The maximum Gasteiger partial charge on any atom is 0.446 e. The molecule has 0 amide bonds. The SMILES string of the molecule is FC(F)(F)Sc1ccc(CCl)c(Cl)c1. The van der Waals surface area contributed by atoms with Crippen LogP contribution in [-0.4, -0.2) is 5.51 Å². The van der Waals surface area contributed by atoms with Gasteiger partial charge in [0.25, 0.3) is 0 Å². The maximum atomic E-state index is 11.9. The molecule has 0 saturated heterocycles. The van der Waals surface area contributed by atoms with Crippen LogP contribution in [0.4, 0.5) is 13.2 Å². The van der Waals surface area contributed by atoms with Crippen LogP contribution in [0.3, 0.4) is 0 Å². The highest BCUT2D eigenvalue weighted by Crippen LogP contribution is 2.38. The molecule has 0 aromatic heterocycles. The average molecular weight is 261 g/mol. The summed E-state index contributed by atoms with van der Waals surface area (Å²) in [6.07, 6.45) is 0. The molecule has 1 rings (SSSR count). The van der Waals surface area contributed by atoms with E-state index in [4.69, 9.17) is 23.2 Å². The summed E-state index contributed by atoms with van der Waals surface area (Å²) in [6, 6.07) is 4.10. The fraction of sp³-hybridized carbons (Fsp3) is 0.250. The van der Waals surface area contributed by atoms with Crippen molar-refractivity contribution < 1.29 is 13.2 Å². The van der Waals surface area contributed by atoms with Crippen LogP contribution >= 0.6 is 35.0 Å². The summed E-state index contributed by atoms with van der Waals surface area (Å²) in [5.74, 6) is 0.190. The van der Waals surface area contributed by atoms with Crippen LogP contribution in [0, 0.1) is 0 Å². The number of hydrogen-bond acceptors (Lipinski definition) is 1. The van der Waals surface area contributed by atoms with Crippen LogP contribution in [0.5, 0.6) is 0 Å². The summed E-state index contributed by atoms with van der Waals surface area (Å²) in [4.78, 5) is 0.0661. The van der Waals surface area contributed by atoms with E-state index in [1.807, 2.05) is 0 Å². The molecule has 0 atom stereocenters. The molecule has 0 nitrogen and oxygen atoms in total. The molecule has 1 aromatic rings. The van der Waals surface area contributed by atoms with E-state index in [9.17, 15) is 13.2 Å². The van der Waals surface area contributed by atoms with Gasteiger partial charge < -0.3 is 0 Å². The van der Waals surface area contributed by atoms with Crippen molar-refractivity contribution in [1.82, 2.24) is 0 Å². The third-order valence-corrected chi connectivity index (χ3v) is 2.76. The Balaban J connectivity index is 2.87. The Hall–Kier alpha value is -0.0600. The second-order valence-corrected chi connectivity index (χ2v) is 4.25. The third-order valence-electron chi connectivity index (χ3n) is 1.40. The first-order valence-electron chi connectivity index (χ1n) is 3.52. The summed E-state index contributed by atoms with van der Waals surface area (Å²) in [7, 11) is 0. The predicted octanol–water partition coefficient (Wildman–Crippen LogP) is 4.69. The number of rotatable bonds is 2. The van der Waals surface area contributed by atoms with Gasteiger partial charge >= 0.3 is 5.51 Å². The first kappa shape index (κ1) is 12.0. The Morgan fingerprint density at radius 2 is 1.93 bits per heavy atom. The first-order chi connectivity index (χ1) is 6.42. The van der Waals surface area contributed by atoms with Crippen molar-refractivity contribution in [2.45, 2.75) is 16.3 Å². The van der Waals surface area contributed by atoms with Crippen LogP contribution in [0.2, 0.25) is 5.02 Å². The van der Waals surface area contributed by atoms with E-state index >= 15 is 0 Å². The third kappa shape index (κ3) is 3.59. The van der Waals surface area contributed by atoms with E-state index in [1.165, 1.54) is 18.2 Å². The van der Waals surface area contributed by atoms with E-state index in [0.717, 1.165) is 0 Å². The van der Waals surface area contributed by atoms with E-state index < -0.39 is 5.51 Å².